The van der Waals surface area contributed by atoms with E-state index in [1.807, 2.05) is 0 Å². The van der Waals surface area contributed by atoms with E-state index in [0.29, 0.717) is 5.56 Å². The summed E-state index contributed by atoms with van der Waals surface area (Å²) in [5.74, 6) is -1.62. The first kappa shape index (κ1) is 11.6. The summed E-state index contributed by atoms with van der Waals surface area (Å²) in [6.45, 7) is 1.63. The first-order valence-corrected chi connectivity index (χ1v) is 4.54. The van der Waals surface area contributed by atoms with Gasteiger partial charge in [0.2, 0.25) is 6.43 Å². The molecule has 0 aliphatic rings. The van der Waals surface area contributed by atoms with Crippen LogP contribution < -0.4 is 0 Å². The Bertz CT molecular complexity index is 339. The second kappa shape index (κ2) is 4.86. The number of rotatable bonds is 5. The van der Waals surface area contributed by atoms with Gasteiger partial charge in [-0.25, -0.2) is 8.78 Å². The van der Waals surface area contributed by atoms with Crippen LogP contribution in [0.2, 0.25) is 0 Å². The first-order valence-electron chi connectivity index (χ1n) is 4.54. The molecule has 0 aliphatic heterocycles. The van der Waals surface area contributed by atoms with Gasteiger partial charge >= 0.3 is 5.97 Å². The summed E-state index contributed by atoms with van der Waals surface area (Å²) in [5, 5.41) is 12.5. The minimum Gasteiger partial charge on any atom is -0.481 e. The molecule has 0 saturated heterocycles. The van der Waals surface area contributed by atoms with Crippen molar-refractivity contribution < 1.29 is 18.7 Å². The van der Waals surface area contributed by atoms with E-state index in [9.17, 15) is 13.6 Å². The molecule has 84 valence electrons. The lowest BCUT2D eigenvalue weighted by Gasteiger charge is -2.01. The summed E-state index contributed by atoms with van der Waals surface area (Å²) >= 11 is 0. The predicted octanol–water partition coefficient (Wildman–Crippen LogP) is 1.73. The minimum atomic E-state index is -2.37. The van der Waals surface area contributed by atoms with Gasteiger partial charge in [0.05, 0.1) is 12.1 Å². The van der Waals surface area contributed by atoms with Gasteiger partial charge in [0.25, 0.3) is 0 Å². The van der Waals surface area contributed by atoms with Crippen LogP contribution in [0.15, 0.2) is 12.4 Å². The van der Waals surface area contributed by atoms with E-state index < -0.39 is 18.3 Å². The van der Waals surface area contributed by atoms with Gasteiger partial charge in [-0.2, -0.15) is 5.10 Å². The molecule has 0 fully saturated rings. The van der Waals surface area contributed by atoms with E-state index in [-0.39, 0.29) is 13.0 Å². The van der Waals surface area contributed by atoms with Crippen LogP contribution in [0.5, 0.6) is 0 Å². The number of carboxylic acids is 1. The molecule has 1 aromatic heterocycles. The number of hydrogen-bond acceptors (Lipinski definition) is 2. The number of aromatic nitrogens is 2. The molecule has 1 aromatic rings. The lowest BCUT2D eigenvalue weighted by Crippen LogP contribution is -2.07. The third-order valence-corrected chi connectivity index (χ3v) is 2.10. The van der Waals surface area contributed by atoms with Crippen molar-refractivity contribution >= 4 is 5.97 Å². The molecule has 0 saturated carbocycles. The third kappa shape index (κ3) is 3.30. The van der Waals surface area contributed by atoms with Gasteiger partial charge in [-0.3, -0.25) is 9.48 Å². The number of nitrogens with zero attached hydrogens (tertiary/aromatic N) is 2. The molecule has 1 N–H and O–H groups in total. The highest BCUT2D eigenvalue weighted by Gasteiger charge is 2.15. The van der Waals surface area contributed by atoms with Gasteiger partial charge in [0.15, 0.2) is 0 Å². The van der Waals surface area contributed by atoms with Gasteiger partial charge in [-0.1, -0.05) is 0 Å². The number of halogens is 2. The number of aliphatic carboxylic acids is 1. The molecule has 0 aromatic carbocycles. The molecular weight excluding hydrogens is 206 g/mol. The van der Waals surface area contributed by atoms with Crippen LogP contribution in [0, 0.1) is 0 Å². The van der Waals surface area contributed by atoms with Crippen LogP contribution >= 0.6 is 0 Å². The molecule has 0 bridgehead atoms. The molecule has 4 nitrogen and oxygen atoms in total. The Morgan fingerprint density at radius 2 is 2.33 bits per heavy atom. The predicted molar refractivity (Wildman–Crippen MR) is 48.9 cm³/mol. The molecule has 0 radical (unpaired) electrons. The second-order valence-corrected chi connectivity index (χ2v) is 3.28. The van der Waals surface area contributed by atoms with Crippen molar-refractivity contribution in [3.05, 3.63) is 18.0 Å². The summed E-state index contributed by atoms with van der Waals surface area (Å²) < 4.78 is 25.1. The summed E-state index contributed by atoms with van der Waals surface area (Å²) in [6, 6.07) is 0. The van der Waals surface area contributed by atoms with Gasteiger partial charge in [0.1, 0.15) is 0 Å². The van der Waals surface area contributed by atoms with E-state index in [2.05, 4.69) is 5.10 Å². The molecule has 15 heavy (non-hydrogen) atoms. The van der Waals surface area contributed by atoms with Crippen molar-refractivity contribution in [1.82, 2.24) is 9.78 Å². The van der Waals surface area contributed by atoms with Gasteiger partial charge in [-0.05, 0) is 6.92 Å². The van der Waals surface area contributed by atoms with Crippen LogP contribution in [0.25, 0.3) is 0 Å². The zero-order valence-electron chi connectivity index (χ0n) is 8.23. The van der Waals surface area contributed by atoms with E-state index in [1.165, 1.54) is 24.0 Å². The molecular formula is C9H12F2N2O2. The minimum absolute atomic E-state index is 0.101. The largest absolute Gasteiger partial charge is 0.481 e. The molecule has 1 unspecified atom stereocenters. The Morgan fingerprint density at radius 3 is 2.87 bits per heavy atom. The Labute approximate surface area is 85.5 Å². The molecule has 1 heterocycles. The van der Waals surface area contributed by atoms with E-state index in [4.69, 9.17) is 5.11 Å². The fourth-order valence-electron chi connectivity index (χ4n) is 1.10. The molecule has 0 aliphatic carbocycles. The lowest BCUT2D eigenvalue weighted by molar-refractivity contribution is -0.138. The van der Waals surface area contributed by atoms with E-state index >= 15 is 0 Å². The van der Waals surface area contributed by atoms with Crippen molar-refractivity contribution in [2.24, 2.45) is 0 Å². The van der Waals surface area contributed by atoms with Gasteiger partial charge in [-0.15, -0.1) is 0 Å². The quantitative estimate of drug-likeness (QED) is 0.818. The average molecular weight is 218 g/mol. The van der Waals surface area contributed by atoms with Gasteiger partial charge < -0.3 is 5.11 Å². The van der Waals surface area contributed by atoms with Crippen LogP contribution in [0.1, 0.15) is 24.8 Å². The third-order valence-electron chi connectivity index (χ3n) is 2.10. The average Bonchev–Trinajstić information content (AvgIpc) is 2.61. The first-order chi connectivity index (χ1) is 7.00. The van der Waals surface area contributed by atoms with E-state index in [1.54, 1.807) is 0 Å². The smallest absolute Gasteiger partial charge is 0.310 e. The number of hydrogen-bond donors (Lipinski definition) is 1. The van der Waals surface area contributed by atoms with Crippen molar-refractivity contribution in [2.75, 3.05) is 0 Å². The zero-order chi connectivity index (χ0) is 11.4. The molecule has 0 spiro atoms. The molecule has 1 atom stereocenters. The van der Waals surface area contributed by atoms with Crippen molar-refractivity contribution in [2.45, 2.75) is 32.2 Å². The Morgan fingerprint density at radius 1 is 1.67 bits per heavy atom. The van der Waals surface area contributed by atoms with Crippen molar-refractivity contribution in [1.29, 1.82) is 0 Å². The summed E-state index contributed by atoms with van der Waals surface area (Å²) in [7, 11) is 0. The monoisotopic (exact) mass is 218 g/mol. The van der Waals surface area contributed by atoms with Gasteiger partial charge in [0, 0.05) is 24.7 Å². The summed E-state index contributed by atoms with van der Waals surface area (Å²) in [6.07, 6.45) is 0.239. The normalized spacial score (nSPS) is 13.1. The number of carbonyl (C=O) groups is 1. The maximum Gasteiger partial charge on any atom is 0.310 e. The lowest BCUT2D eigenvalue weighted by atomic mass is 10.1. The fraction of sp³-hybridized carbons (Fsp3) is 0.556. The number of aryl methyl sites for hydroxylation is 1. The van der Waals surface area contributed by atoms with Crippen molar-refractivity contribution in [3.8, 4) is 0 Å². The van der Waals surface area contributed by atoms with Crippen LogP contribution in [0.4, 0.5) is 8.78 Å². The standard InChI is InChI=1S/C9H12F2N2O2/c1-6(9(14)15)7-4-12-13(5-7)3-2-8(10)11/h4-6,8H,2-3H2,1H3,(H,14,15). The highest BCUT2D eigenvalue weighted by Crippen LogP contribution is 2.14. The highest BCUT2D eigenvalue weighted by molar-refractivity contribution is 5.75. The Kier molecular flexibility index (Phi) is 3.76. The highest BCUT2D eigenvalue weighted by atomic mass is 19.3. The fourth-order valence-corrected chi connectivity index (χ4v) is 1.10. The van der Waals surface area contributed by atoms with Crippen LogP contribution in [0.3, 0.4) is 0 Å². The van der Waals surface area contributed by atoms with Crippen molar-refractivity contribution in [3.63, 3.8) is 0 Å². The second-order valence-electron chi connectivity index (χ2n) is 3.28. The Hall–Kier alpha value is -1.46. The Balaban J connectivity index is 2.60. The van der Waals surface area contributed by atoms with Crippen LogP contribution in [-0.4, -0.2) is 27.3 Å². The van der Waals surface area contributed by atoms with Crippen LogP contribution in [-0.2, 0) is 11.3 Å². The summed E-state index contributed by atoms with van der Waals surface area (Å²) in [5.41, 5.74) is 0.525. The number of carboxylic acid groups (broad SMARTS) is 1. The molecule has 0 amide bonds. The zero-order valence-corrected chi connectivity index (χ0v) is 8.23. The molecule has 1 rings (SSSR count). The summed E-state index contributed by atoms with van der Waals surface area (Å²) in [4.78, 5) is 10.6. The molecule has 6 heteroatoms. The SMILES string of the molecule is CC(C(=O)O)c1cnn(CCC(F)F)c1. The topological polar surface area (TPSA) is 55.1 Å². The number of alkyl halides is 2. The maximum absolute atomic E-state index is 11.9. The van der Waals surface area contributed by atoms with E-state index in [0.717, 1.165) is 0 Å². The maximum atomic E-state index is 11.9.